The van der Waals surface area contributed by atoms with Gasteiger partial charge in [0.25, 0.3) is 0 Å². The average Bonchev–Trinajstić information content (AvgIpc) is 2.94. The number of anilines is 1. The fraction of sp³-hybridized carbons (Fsp3) is 0.647. The van der Waals surface area contributed by atoms with Crippen LogP contribution in [-0.4, -0.2) is 77.6 Å². The molecule has 25 heavy (non-hydrogen) atoms. The van der Waals surface area contributed by atoms with Crippen molar-refractivity contribution in [1.82, 2.24) is 19.8 Å². The number of methoxy groups -OCH3 is 1. The Labute approximate surface area is 147 Å². The number of nitrogens with zero attached hydrogens (tertiary/aromatic N) is 5. The molecule has 0 bridgehead atoms. The van der Waals surface area contributed by atoms with E-state index in [2.05, 4.69) is 14.9 Å². The second kappa shape index (κ2) is 8.13. The quantitative estimate of drug-likeness (QED) is 0.798. The molecule has 0 N–H and O–H groups in total. The zero-order valence-corrected chi connectivity index (χ0v) is 14.6. The predicted molar refractivity (Wildman–Crippen MR) is 92.2 cm³/mol. The minimum atomic E-state index is -0.410. The maximum atomic E-state index is 13.0. The highest BCUT2D eigenvalue weighted by Crippen LogP contribution is 2.21. The van der Waals surface area contributed by atoms with E-state index < -0.39 is 12.1 Å². The van der Waals surface area contributed by atoms with E-state index in [1.54, 1.807) is 23.4 Å². The second-order valence-corrected chi connectivity index (χ2v) is 6.39. The Bertz CT molecular complexity index is 597. The van der Waals surface area contributed by atoms with E-state index in [-0.39, 0.29) is 5.91 Å². The molecule has 0 aromatic carbocycles. The number of ether oxygens (including phenoxy) is 1. The lowest BCUT2D eigenvalue weighted by atomic mass is 10.0. The van der Waals surface area contributed by atoms with Crippen LogP contribution < -0.4 is 4.90 Å². The Morgan fingerprint density at radius 3 is 2.60 bits per heavy atom. The van der Waals surface area contributed by atoms with Gasteiger partial charge in [0.05, 0.1) is 7.11 Å². The average molecular weight is 347 g/mol. The van der Waals surface area contributed by atoms with Crippen molar-refractivity contribution in [2.75, 3.05) is 44.7 Å². The summed E-state index contributed by atoms with van der Waals surface area (Å²) in [6.45, 7) is 3.40. The van der Waals surface area contributed by atoms with Crippen LogP contribution >= 0.6 is 0 Å². The summed E-state index contributed by atoms with van der Waals surface area (Å²) in [5, 5.41) is 0. The normalized spacial score (nSPS) is 21.6. The van der Waals surface area contributed by atoms with Gasteiger partial charge in [-0.25, -0.2) is 14.8 Å². The summed E-state index contributed by atoms with van der Waals surface area (Å²) in [5.74, 6) is 0.728. The number of piperidine rings is 1. The van der Waals surface area contributed by atoms with Crippen molar-refractivity contribution in [2.24, 2.45) is 0 Å². The highest BCUT2D eigenvalue weighted by atomic mass is 16.5. The van der Waals surface area contributed by atoms with E-state index in [9.17, 15) is 9.59 Å². The van der Waals surface area contributed by atoms with Gasteiger partial charge in [-0.15, -0.1) is 0 Å². The van der Waals surface area contributed by atoms with Crippen molar-refractivity contribution in [2.45, 2.75) is 31.7 Å². The molecule has 1 aromatic rings. The van der Waals surface area contributed by atoms with Gasteiger partial charge in [-0.2, -0.15) is 0 Å². The summed E-state index contributed by atoms with van der Waals surface area (Å²) in [7, 11) is 1.36. The van der Waals surface area contributed by atoms with Crippen LogP contribution in [-0.2, 0) is 9.53 Å². The lowest BCUT2D eigenvalue weighted by Gasteiger charge is -2.36. The van der Waals surface area contributed by atoms with E-state index in [0.29, 0.717) is 38.5 Å². The van der Waals surface area contributed by atoms with E-state index >= 15 is 0 Å². The Kier molecular flexibility index (Phi) is 5.67. The number of carbonyl (C=O) groups excluding carboxylic acids is 2. The third-order valence-corrected chi connectivity index (χ3v) is 4.84. The molecule has 3 heterocycles. The van der Waals surface area contributed by atoms with Crippen LogP contribution in [0.5, 0.6) is 0 Å². The van der Waals surface area contributed by atoms with Crippen LogP contribution in [0.3, 0.4) is 0 Å². The van der Waals surface area contributed by atoms with Gasteiger partial charge in [-0.1, -0.05) is 0 Å². The van der Waals surface area contributed by atoms with Crippen molar-refractivity contribution in [1.29, 1.82) is 0 Å². The highest BCUT2D eigenvalue weighted by Gasteiger charge is 2.35. The van der Waals surface area contributed by atoms with Crippen LogP contribution in [0.2, 0.25) is 0 Å². The Morgan fingerprint density at radius 2 is 1.84 bits per heavy atom. The van der Waals surface area contributed by atoms with Gasteiger partial charge < -0.3 is 14.5 Å². The number of hydrogen-bond donors (Lipinski definition) is 0. The molecule has 1 atom stereocenters. The summed E-state index contributed by atoms with van der Waals surface area (Å²) < 4.78 is 4.85. The first-order chi connectivity index (χ1) is 12.2. The van der Waals surface area contributed by atoms with E-state index in [1.807, 2.05) is 4.90 Å². The molecule has 0 saturated carbocycles. The van der Waals surface area contributed by atoms with Crippen molar-refractivity contribution >= 4 is 17.9 Å². The SMILES string of the molecule is COC(=O)N1CCCCC1C(=O)N1CCCN(c2ncccn2)CC1. The molecule has 8 nitrogen and oxygen atoms in total. The van der Waals surface area contributed by atoms with Gasteiger partial charge in [0.2, 0.25) is 11.9 Å². The first kappa shape index (κ1) is 17.4. The minimum Gasteiger partial charge on any atom is -0.453 e. The third kappa shape index (κ3) is 4.00. The summed E-state index contributed by atoms with van der Waals surface area (Å²) in [6, 6.07) is 1.39. The molecular formula is C17H25N5O3. The first-order valence-electron chi connectivity index (χ1n) is 8.86. The molecule has 1 aromatic heterocycles. The third-order valence-electron chi connectivity index (χ3n) is 4.84. The maximum Gasteiger partial charge on any atom is 0.410 e. The predicted octanol–water partition coefficient (Wildman–Crippen LogP) is 1.14. The highest BCUT2D eigenvalue weighted by molar-refractivity contribution is 5.86. The number of amides is 2. The van der Waals surface area contributed by atoms with Gasteiger partial charge in [-0.3, -0.25) is 9.69 Å². The molecule has 3 rings (SSSR count). The van der Waals surface area contributed by atoms with E-state index in [4.69, 9.17) is 4.74 Å². The lowest BCUT2D eigenvalue weighted by molar-refractivity contribution is -0.137. The van der Waals surface area contributed by atoms with Gasteiger partial charge in [-0.05, 0) is 31.7 Å². The van der Waals surface area contributed by atoms with Gasteiger partial charge >= 0.3 is 6.09 Å². The summed E-state index contributed by atoms with van der Waals surface area (Å²) in [6.07, 6.45) is 6.48. The van der Waals surface area contributed by atoms with Crippen LogP contribution in [0.25, 0.3) is 0 Å². The fourth-order valence-corrected chi connectivity index (χ4v) is 3.53. The van der Waals surface area contributed by atoms with Crippen LogP contribution in [0, 0.1) is 0 Å². The number of aromatic nitrogens is 2. The summed E-state index contributed by atoms with van der Waals surface area (Å²) in [4.78, 5) is 39.1. The zero-order valence-electron chi connectivity index (χ0n) is 14.6. The summed E-state index contributed by atoms with van der Waals surface area (Å²) in [5.41, 5.74) is 0. The number of carbonyl (C=O) groups is 2. The van der Waals surface area contributed by atoms with Crippen molar-refractivity contribution in [3.05, 3.63) is 18.5 Å². The van der Waals surface area contributed by atoms with Gasteiger partial charge in [0.15, 0.2) is 0 Å². The largest absolute Gasteiger partial charge is 0.453 e. The lowest BCUT2D eigenvalue weighted by Crippen LogP contribution is -2.53. The smallest absolute Gasteiger partial charge is 0.410 e. The molecule has 2 amide bonds. The Balaban J connectivity index is 1.65. The molecule has 0 radical (unpaired) electrons. The standard InChI is InChI=1S/C17H25N5O3/c1-25-17(24)22-11-3-2-6-14(22)15(23)20-9-5-10-21(13-12-20)16-18-7-4-8-19-16/h4,7-8,14H,2-3,5-6,9-13H2,1H3. The molecule has 0 aliphatic carbocycles. The van der Waals surface area contributed by atoms with E-state index in [0.717, 1.165) is 25.8 Å². The van der Waals surface area contributed by atoms with Gasteiger partial charge in [0.1, 0.15) is 6.04 Å². The number of likely N-dealkylation sites (tertiary alicyclic amines) is 1. The number of hydrogen-bond acceptors (Lipinski definition) is 6. The minimum absolute atomic E-state index is 0.0286. The molecule has 2 aliphatic rings. The molecule has 136 valence electrons. The van der Waals surface area contributed by atoms with E-state index in [1.165, 1.54) is 7.11 Å². The molecule has 2 aliphatic heterocycles. The monoisotopic (exact) mass is 347 g/mol. The molecule has 0 spiro atoms. The summed E-state index contributed by atoms with van der Waals surface area (Å²) >= 11 is 0. The maximum absolute atomic E-state index is 13.0. The van der Waals surface area contributed by atoms with Crippen molar-refractivity contribution in [3.63, 3.8) is 0 Å². The topological polar surface area (TPSA) is 78.9 Å². The molecular weight excluding hydrogens is 322 g/mol. The van der Waals surface area contributed by atoms with Crippen molar-refractivity contribution < 1.29 is 14.3 Å². The van der Waals surface area contributed by atoms with Gasteiger partial charge in [0, 0.05) is 45.1 Å². The second-order valence-electron chi connectivity index (χ2n) is 6.39. The Hall–Kier alpha value is -2.38. The molecule has 1 unspecified atom stereocenters. The Morgan fingerprint density at radius 1 is 1.04 bits per heavy atom. The first-order valence-corrected chi connectivity index (χ1v) is 8.86. The molecule has 8 heteroatoms. The van der Waals surface area contributed by atoms with Crippen LogP contribution in [0.15, 0.2) is 18.5 Å². The fourth-order valence-electron chi connectivity index (χ4n) is 3.53. The van der Waals surface area contributed by atoms with Crippen molar-refractivity contribution in [3.8, 4) is 0 Å². The molecule has 2 fully saturated rings. The number of rotatable bonds is 2. The van der Waals surface area contributed by atoms with Crippen LogP contribution in [0.4, 0.5) is 10.7 Å². The van der Waals surface area contributed by atoms with Crippen LogP contribution in [0.1, 0.15) is 25.7 Å². The molecule has 2 saturated heterocycles. The zero-order chi connectivity index (χ0) is 17.6.